The largest absolute Gasteiger partial charge is 0.465 e. The maximum Gasteiger partial charge on any atom is 0.337 e. The topological polar surface area (TPSA) is 60.7 Å². The van der Waals surface area contributed by atoms with Gasteiger partial charge in [-0.3, -0.25) is 4.79 Å². The number of terminal acetylenes is 1. The first-order valence-corrected chi connectivity index (χ1v) is 8.72. The molecule has 1 aromatic heterocycles. The van der Waals surface area contributed by atoms with E-state index < -0.39 is 11.9 Å². The second-order valence-electron chi connectivity index (χ2n) is 5.27. The molecule has 1 amide bonds. The zero-order valence-corrected chi connectivity index (χ0v) is 15.3. The quantitative estimate of drug-likeness (QED) is 0.512. The number of hydrogen-bond donors (Lipinski definition) is 0. The summed E-state index contributed by atoms with van der Waals surface area (Å²) in [6, 6.07) is 11.6. The molecule has 0 aliphatic rings. The van der Waals surface area contributed by atoms with Gasteiger partial charge in [0.25, 0.3) is 5.91 Å². The number of carbonyl (C=O) groups excluding carboxylic acids is 2. The average molecular weight is 385 g/mol. The molecule has 0 unspecified atom stereocenters. The van der Waals surface area contributed by atoms with Crippen molar-refractivity contribution in [2.24, 2.45) is 4.99 Å². The minimum atomic E-state index is -0.431. The summed E-state index contributed by atoms with van der Waals surface area (Å²) in [7, 11) is 1.32. The molecule has 0 aliphatic heterocycles. The van der Waals surface area contributed by atoms with E-state index in [-0.39, 0.29) is 6.54 Å². The molecule has 0 fully saturated rings. The molecule has 3 rings (SSSR count). The van der Waals surface area contributed by atoms with Gasteiger partial charge in [-0.25, -0.2) is 4.79 Å². The van der Waals surface area contributed by atoms with E-state index in [1.165, 1.54) is 18.4 Å². The lowest BCUT2D eigenvalue weighted by Gasteiger charge is -2.01. The van der Waals surface area contributed by atoms with Gasteiger partial charge in [-0.15, -0.1) is 6.42 Å². The van der Waals surface area contributed by atoms with Gasteiger partial charge in [0, 0.05) is 10.6 Å². The number of aromatic nitrogens is 1. The highest BCUT2D eigenvalue weighted by Gasteiger charge is 2.12. The Balaban J connectivity index is 2.13. The molecule has 0 spiro atoms. The zero-order chi connectivity index (χ0) is 18.7. The van der Waals surface area contributed by atoms with Crippen molar-refractivity contribution in [3.63, 3.8) is 0 Å². The molecule has 0 aliphatic carbocycles. The van der Waals surface area contributed by atoms with Gasteiger partial charge in [-0.05, 0) is 42.5 Å². The van der Waals surface area contributed by atoms with Gasteiger partial charge < -0.3 is 9.30 Å². The fourth-order valence-corrected chi connectivity index (χ4v) is 3.58. The number of ether oxygens (including phenoxy) is 1. The van der Waals surface area contributed by atoms with E-state index in [2.05, 4.69) is 10.9 Å². The van der Waals surface area contributed by atoms with Crippen molar-refractivity contribution in [3.8, 4) is 12.3 Å². The van der Waals surface area contributed by atoms with Gasteiger partial charge in [0.05, 0.1) is 29.4 Å². The third-order valence-electron chi connectivity index (χ3n) is 3.64. The molecule has 1 heterocycles. The van der Waals surface area contributed by atoms with Crippen LogP contribution in [0.25, 0.3) is 10.2 Å². The van der Waals surface area contributed by atoms with Gasteiger partial charge in [0.1, 0.15) is 0 Å². The minimum Gasteiger partial charge on any atom is -0.465 e. The number of esters is 1. The van der Waals surface area contributed by atoms with E-state index in [0.29, 0.717) is 21.0 Å². The predicted octanol–water partition coefficient (Wildman–Crippen LogP) is 3.52. The summed E-state index contributed by atoms with van der Waals surface area (Å²) in [6.45, 7) is 0.254. The summed E-state index contributed by atoms with van der Waals surface area (Å²) in [5.74, 6) is 1.73. The number of amides is 1. The lowest BCUT2D eigenvalue weighted by atomic mass is 10.2. The van der Waals surface area contributed by atoms with Crippen LogP contribution in [0.2, 0.25) is 5.02 Å². The van der Waals surface area contributed by atoms with Gasteiger partial charge in [-0.2, -0.15) is 4.99 Å². The van der Waals surface area contributed by atoms with Crippen molar-refractivity contribution in [1.82, 2.24) is 4.57 Å². The molecule has 3 aromatic rings. The summed E-state index contributed by atoms with van der Waals surface area (Å²) in [5.41, 5.74) is 1.64. The molecule has 130 valence electrons. The summed E-state index contributed by atoms with van der Waals surface area (Å²) >= 11 is 7.12. The Bertz CT molecular complexity index is 1100. The molecule has 2 aromatic carbocycles. The third-order valence-corrected chi connectivity index (χ3v) is 4.93. The first kappa shape index (κ1) is 17.9. The van der Waals surface area contributed by atoms with Crippen LogP contribution in [0.5, 0.6) is 0 Å². The lowest BCUT2D eigenvalue weighted by molar-refractivity contribution is 0.0601. The van der Waals surface area contributed by atoms with Crippen LogP contribution in [-0.2, 0) is 11.3 Å². The first-order chi connectivity index (χ1) is 12.5. The molecular weight excluding hydrogens is 372 g/mol. The van der Waals surface area contributed by atoms with Crippen LogP contribution >= 0.6 is 22.9 Å². The average Bonchev–Trinajstić information content (AvgIpc) is 2.98. The van der Waals surface area contributed by atoms with Crippen LogP contribution in [0, 0.1) is 12.3 Å². The van der Waals surface area contributed by atoms with Crippen LogP contribution < -0.4 is 4.80 Å². The van der Waals surface area contributed by atoms with Crippen LogP contribution in [0.1, 0.15) is 20.7 Å². The van der Waals surface area contributed by atoms with Gasteiger partial charge in [0.15, 0.2) is 4.80 Å². The van der Waals surface area contributed by atoms with Crippen LogP contribution in [0.15, 0.2) is 47.5 Å². The molecule has 26 heavy (non-hydrogen) atoms. The highest BCUT2D eigenvalue weighted by molar-refractivity contribution is 7.16. The van der Waals surface area contributed by atoms with E-state index in [4.69, 9.17) is 22.8 Å². The number of methoxy groups -OCH3 is 1. The molecule has 0 radical (unpaired) electrons. The fraction of sp³-hybridized carbons (Fsp3) is 0.105. The van der Waals surface area contributed by atoms with Gasteiger partial charge in [-0.1, -0.05) is 28.9 Å². The van der Waals surface area contributed by atoms with E-state index in [1.54, 1.807) is 47.0 Å². The summed E-state index contributed by atoms with van der Waals surface area (Å²) in [6.07, 6.45) is 5.46. The second kappa shape index (κ2) is 7.56. The maximum absolute atomic E-state index is 12.4. The Morgan fingerprint density at radius 2 is 1.92 bits per heavy atom. The molecule has 7 heteroatoms. The van der Waals surface area contributed by atoms with Crippen molar-refractivity contribution in [2.75, 3.05) is 7.11 Å². The Morgan fingerprint density at radius 1 is 1.23 bits per heavy atom. The number of fused-ring (bicyclic) bond motifs is 1. The number of nitrogens with zero attached hydrogens (tertiary/aromatic N) is 2. The minimum absolute atomic E-state index is 0.254. The SMILES string of the molecule is C#CCn1c(=NC(=O)c2ccc(Cl)cc2)sc2cc(C(=O)OC)ccc21. The Morgan fingerprint density at radius 3 is 2.58 bits per heavy atom. The predicted molar refractivity (Wildman–Crippen MR) is 101 cm³/mol. The molecule has 5 nitrogen and oxygen atoms in total. The molecule has 0 atom stereocenters. The smallest absolute Gasteiger partial charge is 0.337 e. The number of rotatable bonds is 3. The van der Waals surface area contributed by atoms with E-state index in [9.17, 15) is 9.59 Å². The number of thiazole rings is 1. The Labute approximate surface area is 158 Å². The number of hydrogen-bond acceptors (Lipinski definition) is 4. The number of halogens is 1. The number of carbonyl (C=O) groups is 2. The Kier molecular flexibility index (Phi) is 5.21. The highest BCUT2D eigenvalue weighted by Crippen LogP contribution is 2.20. The van der Waals surface area contributed by atoms with Crippen molar-refractivity contribution in [1.29, 1.82) is 0 Å². The lowest BCUT2D eigenvalue weighted by Crippen LogP contribution is -2.16. The molecule has 0 N–H and O–H groups in total. The monoisotopic (exact) mass is 384 g/mol. The van der Waals surface area contributed by atoms with E-state index >= 15 is 0 Å². The molecule has 0 saturated carbocycles. The molecule has 0 saturated heterocycles. The Hall–Kier alpha value is -2.88. The fourth-order valence-electron chi connectivity index (χ4n) is 2.39. The van der Waals surface area contributed by atoms with Crippen molar-refractivity contribution in [2.45, 2.75) is 6.54 Å². The van der Waals surface area contributed by atoms with Gasteiger partial charge >= 0.3 is 5.97 Å². The van der Waals surface area contributed by atoms with Gasteiger partial charge in [0.2, 0.25) is 0 Å². The van der Waals surface area contributed by atoms with Crippen molar-refractivity contribution >= 4 is 45.0 Å². The van der Waals surface area contributed by atoms with E-state index in [1.807, 2.05) is 0 Å². The first-order valence-electron chi connectivity index (χ1n) is 7.53. The van der Waals surface area contributed by atoms with Crippen LogP contribution in [0.3, 0.4) is 0 Å². The molecule has 0 bridgehead atoms. The summed E-state index contributed by atoms with van der Waals surface area (Å²) in [5, 5.41) is 0.543. The number of benzene rings is 2. The van der Waals surface area contributed by atoms with E-state index in [0.717, 1.165) is 10.2 Å². The summed E-state index contributed by atoms with van der Waals surface area (Å²) < 4.78 is 7.28. The standard InChI is InChI=1S/C19H13ClN2O3S/c1-3-10-22-15-9-6-13(18(24)25-2)11-16(15)26-19(22)21-17(23)12-4-7-14(20)8-5-12/h1,4-9,11H,10H2,2H3. The maximum atomic E-state index is 12.4. The second-order valence-corrected chi connectivity index (χ2v) is 6.72. The molecular formula is C19H13ClN2O3S. The zero-order valence-electron chi connectivity index (χ0n) is 13.7. The van der Waals surface area contributed by atoms with Crippen LogP contribution in [0.4, 0.5) is 0 Å². The summed E-state index contributed by atoms with van der Waals surface area (Å²) in [4.78, 5) is 28.8. The van der Waals surface area contributed by atoms with Crippen molar-refractivity contribution in [3.05, 3.63) is 63.4 Å². The highest BCUT2D eigenvalue weighted by atomic mass is 35.5. The third kappa shape index (κ3) is 3.54. The van der Waals surface area contributed by atoms with Crippen LogP contribution in [-0.4, -0.2) is 23.6 Å². The normalized spacial score (nSPS) is 11.3. The van der Waals surface area contributed by atoms with Crippen molar-refractivity contribution < 1.29 is 14.3 Å².